The van der Waals surface area contributed by atoms with Crippen molar-refractivity contribution in [3.05, 3.63) is 65.5 Å². The highest BCUT2D eigenvalue weighted by molar-refractivity contribution is 7.99. The van der Waals surface area contributed by atoms with Crippen LogP contribution in [0.3, 0.4) is 0 Å². The van der Waals surface area contributed by atoms with Gasteiger partial charge in [-0.1, -0.05) is 37.3 Å². The molecule has 0 spiro atoms. The second kappa shape index (κ2) is 6.63. The molecule has 2 atom stereocenters. The Labute approximate surface area is 130 Å². The number of fused-ring (bicyclic) bond motifs is 1. The Morgan fingerprint density at radius 1 is 1.24 bits per heavy atom. The summed E-state index contributed by atoms with van der Waals surface area (Å²) in [5.74, 6) is 1.30. The molecule has 0 amide bonds. The molecule has 2 aromatic carbocycles. The molecule has 1 aliphatic rings. The minimum atomic E-state index is -0.158. The van der Waals surface area contributed by atoms with Crippen LogP contribution < -0.4 is 5.32 Å². The zero-order valence-electron chi connectivity index (χ0n) is 12.2. The highest BCUT2D eigenvalue weighted by Gasteiger charge is 2.30. The molecule has 2 aromatic rings. The standard InChI is InChI=1S/C18H20FNS/c1-2-10-20-18(13-6-5-7-14(19)11-13)16-12-21-17-9-4-3-8-15(16)17/h3-9,11,16,18,20H,2,10,12H2,1H3. The van der Waals surface area contributed by atoms with Crippen LogP contribution in [0.5, 0.6) is 0 Å². The van der Waals surface area contributed by atoms with Crippen LogP contribution in [-0.2, 0) is 0 Å². The summed E-state index contributed by atoms with van der Waals surface area (Å²) in [5.41, 5.74) is 2.44. The van der Waals surface area contributed by atoms with Gasteiger partial charge in [-0.3, -0.25) is 0 Å². The topological polar surface area (TPSA) is 12.0 Å². The van der Waals surface area contributed by atoms with E-state index in [1.54, 1.807) is 12.1 Å². The smallest absolute Gasteiger partial charge is 0.123 e. The average Bonchev–Trinajstić information content (AvgIpc) is 2.92. The van der Waals surface area contributed by atoms with E-state index in [4.69, 9.17) is 0 Å². The van der Waals surface area contributed by atoms with Crippen LogP contribution in [0, 0.1) is 5.82 Å². The molecule has 1 heterocycles. The summed E-state index contributed by atoms with van der Waals surface area (Å²) in [6.07, 6.45) is 1.08. The molecule has 3 rings (SSSR count). The summed E-state index contributed by atoms with van der Waals surface area (Å²) in [7, 11) is 0. The van der Waals surface area contributed by atoms with Crippen molar-refractivity contribution in [3.8, 4) is 0 Å². The SMILES string of the molecule is CCCNC(c1cccc(F)c1)C1CSc2ccccc21. The summed E-state index contributed by atoms with van der Waals surface area (Å²) < 4.78 is 13.6. The van der Waals surface area contributed by atoms with Gasteiger partial charge in [0.15, 0.2) is 0 Å². The monoisotopic (exact) mass is 301 g/mol. The number of halogens is 1. The average molecular weight is 301 g/mol. The minimum Gasteiger partial charge on any atom is -0.309 e. The van der Waals surface area contributed by atoms with E-state index in [9.17, 15) is 4.39 Å². The lowest BCUT2D eigenvalue weighted by molar-refractivity contribution is 0.469. The fraction of sp³-hybridized carbons (Fsp3) is 0.333. The zero-order valence-corrected chi connectivity index (χ0v) is 13.0. The van der Waals surface area contributed by atoms with Crippen LogP contribution in [-0.4, -0.2) is 12.3 Å². The molecule has 0 saturated heterocycles. The molecule has 1 nitrogen and oxygen atoms in total. The third-order valence-electron chi connectivity index (χ3n) is 3.96. The fourth-order valence-electron chi connectivity index (χ4n) is 2.96. The molecule has 0 fully saturated rings. The van der Waals surface area contributed by atoms with Gasteiger partial charge in [-0.2, -0.15) is 0 Å². The Bertz CT molecular complexity index is 614. The van der Waals surface area contributed by atoms with Gasteiger partial charge in [-0.25, -0.2) is 4.39 Å². The Kier molecular flexibility index (Phi) is 4.61. The van der Waals surface area contributed by atoms with Crippen molar-refractivity contribution < 1.29 is 4.39 Å². The maximum atomic E-state index is 13.6. The van der Waals surface area contributed by atoms with Gasteiger partial charge in [-0.15, -0.1) is 11.8 Å². The Morgan fingerprint density at radius 3 is 2.90 bits per heavy atom. The molecule has 0 saturated carbocycles. The van der Waals surface area contributed by atoms with Gasteiger partial charge in [0.05, 0.1) is 0 Å². The number of hydrogen-bond donors (Lipinski definition) is 1. The van der Waals surface area contributed by atoms with Gasteiger partial charge in [0, 0.05) is 22.6 Å². The number of rotatable bonds is 5. The van der Waals surface area contributed by atoms with Crippen molar-refractivity contribution in [3.63, 3.8) is 0 Å². The first-order valence-corrected chi connectivity index (χ1v) is 8.48. The lowest BCUT2D eigenvalue weighted by Crippen LogP contribution is -2.28. The molecule has 0 bridgehead atoms. The van der Waals surface area contributed by atoms with E-state index in [1.807, 2.05) is 17.8 Å². The molecule has 0 aliphatic carbocycles. The van der Waals surface area contributed by atoms with Crippen molar-refractivity contribution in [1.82, 2.24) is 5.32 Å². The summed E-state index contributed by atoms with van der Waals surface area (Å²) in [6, 6.07) is 15.8. The van der Waals surface area contributed by atoms with Crippen LogP contribution in [0.25, 0.3) is 0 Å². The lowest BCUT2D eigenvalue weighted by atomic mass is 9.88. The maximum absolute atomic E-state index is 13.6. The molecular formula is C18H20FNS. The maximum Gasteiger partial charge on any atom is 0.123 e. The van der Waals surface area contributed by atoms with Crippen molar-refractivity contribution >= 4 is 11.8 Å². The van der Waals surface area contributed by atoms with Gasteiger partial charge in [0.2, 0.25) is 0 Å². The Balaban J connectivity index is 1.93. The first-order valence-electron chi connectivity index (χ1n) is 7.50. The third-order valence-corrected chi connectivity index (χ3v) is 5.17. The molecule has 0 radical (unpaired) electrons. The number of hydrogen-bond acceptors (Lipinski definition) is 2. The Morgan fingerprint density at radius 2 is 2.10 bits per heavy atom. The van der Waals surface area contributed by atoms with Crippen LogP contribution in [0.4, 0.5) is 4.39 Å². The van der Waals surface area contributed by atoms with Gasteiger partial charge in [-0.05, 0) is 42.3 Å². The second-order valence-corrected chi connectivity index (χ2v) is 6.50. The largest absolute Gasteiger partial charge is 0.309 e. The van der Waals surface area contributed by atoms with Gasteiger partial charge in [0.25, 0.3) is 0 Å². The van der Waals surface area contributed by atoms with E-state index in [2.05, 4.69) is 36.5 Å². The first-order chi connectivity index (χ1) is 10.3. The quantitative estimate of drug-likeness (QED) is 0.855. The van der Waals surface area contributed by atoms with Crippen molar-refractivity contribution in [2.45, 2.75) is 30.2 Å². The van der Waals surface area contributed by atoms with Gasteiger partial charge < -0.3 is 5.32 Å². The minimum absolute atomic E-state index is 0.158. The summed E-state index contributed by atoms with van der Waals surface area (Å²) in [4.78, 5) is 1.36. The third kappa shape index (κ3) is 3.14. The van der Waals surface area contributed by atoms with E-state index in [-0.39, 0.29) is 11.9 Å². The lowest BCUT2D eigenvalue weighted by Gasteiger charge is -2.26. The zero-order chi connectivity index (χ0) is 14.7. The van der Waals surface area contributed by atoms with Crippen LogP contribution in [0.15, 0.2) is 53.4 Å². The van der Waals surface area contributed by atoms with E-state index >= 15 is 0 Å². The van der Waals surface area contributed by atoms with E-state index < -0.39 is 0 Å². The predicted octanol–water partition coefficient (Wildman–Crippen LogP) is 4.76. The highest BCUT2D eigenvalue weighted by atomic mass is 32.2. The Hall–Kier alpha value is -1.32. The normalized spacial score (nSPS) is 18.5. The van der Waals surface area contributed by atoms with E-state index in [0.717, 1.165) is 24.3 Å². The van der Waals surface area contributed by atoms with Gasteiger partial charge in [0.1, 0.15) is 5.82 Å². The summed E-state index contributed by atoms with van der Waals surface area (Å²) in [6.45, 7) is 3.11. The predicted molar refractivity (Wildman–Crippen MR) is 87.3 cm³/mol. The number of thioether (sulfide) groups is 1. The summed E-state index contributed by atoms with van der Waals surface area (Å²) in [5, 5.41) is 3.62. The van der Waals surface area contributed by atoms with Crippen LogP contribution in [0.2, 0.25) is 0 Å². The van der Waals surface area contributed by atoms with Crippen LogP contribution >= 0.6 is 11.8 Å². The van der Waals surface area contributed by atoms with Crippen molar-refractivity contribution in [2.24, 2.45) is 0 Å². The highest BCUT2D eigenvalue weighted by Crippen LogP contribution is 2.45. The second-order valence-electron chi connectivity index (χ2n) is 5.44. The molecular weight excluding hydrogens is 281 g/mol. The number of benzene rings is 2. The molecule has 21 heavy (non-hydrogen) atoms. The van der Waals surface area contributed by atoms with Crippen LogP contribution in [0.1, 0.15) is 36.4 Å². The van der Waals surface area contributed by atoms with Gasteiger partial charge >= 0.3 is 0 Å². The van der Waals surface area contributed by atoms with Crippen molar-refractivity contribution in [1.29, 1.82) is 0 Å². The molecule has 3 heteroatoms. The van der Waals surface area contributed by atoms with Crippen molar-refractivity contribution in [2.75, 3.05) is 12.3 Å². The fourth-order valence-corrected chi connectivity index (χ4v) is 4.25. The molecule has 1 N–H and O–H groups in total. The first kappa shape index (κ1) is 14.6. The molecule has 2 unspecified atom stereocenters. The van der Waals surface area contributed by atoms with E-state index in [1.165, 1.54) is 16.5 Å². The number of nitrogens with one attached hydrogen (secondary N) is 1. The van der Waals surface area contributed by atoms with E-state index in [0.29, 0.717) is 5.92 Å². The molecule has 1 aliphatic heterocycles. The molecule has 110 valence electrons. The molecule has 0 aromatic heterocycles. The summed E-state index contributed by atoms with van der Waals surface area (Å²) >= 11 is 1.90.